The van der Waals surface area contributed by atoms with E-state index in [0.717, 1.165) is 10.2 Å². The number of hydrogen-bond acceptors (Lipinski definition) is 2. The van der Waals surface area contributed by atoms with Crippen LogP contribution in [0.4, 0.5) is 0 Å². The van der Waals surface area contributed by atoms with Crippen LogP contribution < -0.4 is 4.72 Å². The molecule has 1 aromatic heterocycles. The number of H-pyrrole nitrogens is 1. The molecule has 0 saturated heterocycles. The average Bonchev–Trinajstić information content (AvgIpc) is 2.80. The van der Waals surface area contributed by atoms with E-state index in [2.05, 4.69) is 25.6 Å². The molecule has 0 amide bonds. The number of halogens is 1. The normalized spacial score (nSPS) is 11.6. The maximum Gasteiger partial charge on any atom is 0.240 e. The molecule has 17 heavy (non-hydrogen) atoms. The van der Waals surface area contributed by atoms with E-state index < -0.39 is 10.0 Å². The number of hydrogen-bond donors (Lipinski definition) is 2. The van der Waals surface area contributed by atoms with Crippen molar-refractivity contribution in [3.63, 3.8) is 0 Å². The highest BCUT2D eigenvalue weighted by atomic mass is 79.9. The van der Waals surface area contributed by atoms with Gasteiger partial charge in [0.1, 0.15) is 0 Å². The molecule has 2 N–H and O–H groups in total. The van der Waals surface area contributed by atoms with Crippen molar-refractivity contribution in [3.8, 4) is 0 Å². The van der Waals surface area contributed by atoms with Gasteiger partial charge < -0.3 is 4.98 Å². The van der Waals surface area contributed by atoms with Gasteiger partial charge in [-0.05, 0) is 36.4 Å². The van der Waals surface area contributed by atoms with E-state index in [0.29, 0.717) is 0 Å². The minimum atomic E-state index is -3.44. The van der Waals surface area contributed by atoms with Crippen molar-refractivity contribution >= 4 is 26.0 Å². The van der Waals surface area contributed by atoms with E-state index in [1.54, 1.807) is 30.5 Å². The Morgan fingerprint density at radius 2 is 1.88 bits per heavy atom. The molecular weight excluding hydrogens is 304 g/mol. The summed E-state index contributed by atoms with van der Waals surface area (Å²) in [5.74, 6) is 0. The standard InChI is InChI=1S/C11H11BrN2O2S/c12-9-3-5-11(6-4-9)17(15,16)14-8-10-2-1-7-13-10/h1-7,13-14H,8H2. The van der Waals surface area contributed by atoms with Gasteiger partial charge in [0.25, 0.3) is 0 Å². The summed E-state index contributed by atoms with van der Waals surface area (Å²) in [6, 6.07) is 10.2. The zero-order valence-corrected chi connectivity index (χ0v) is 11.3. The molecule has 0 saturated carbocycles. The predicted octanol–water partition coefficient (Wildman–Crippen LogP) is 2.26. The van der Waals surface area contributed by atoms with Crippen molar-refractivity contribution < 1.29 is 8.42 Å². The molecule has 1 aromatic carbocycles. The smallest absolute Gasteiger partial charge is 0.240 e. The third kappa shape index (κ3) is 3.18. The molecule has 6 heteroatoms. The third-order valence-electron chi connectivity index (χ3n) is 2.24. The van der Waals surface area contributed by atoms with Crippen molar-refractivity contribution in [1.82, 2.24) is 9.71 Å². The Bertz CT molecular complexity index is 576. The lowest BCUT2D eigenvalue weighted by atomic mass is 10.4. The van der Waals surface area contributed by atoms with Crippen LogP contribution in [0.25, 0.3) is 0 Å². The second-order valence-electron chi connectivity index (χ2n) is 3.47. The Labute approximate surface area is 108 Å². The Morgan fingerprint density at radius 3 is 2.47 bits per heavy atom. The second kappa shape index (κ2) is 5.03. The number of benzene rings is 1. The molecule has 0 spiro atoms. The Balaban J connectivity index is 2.11. The SMILES string of the molecule is O=S(=O)(NCc1ccc[nH]1)c1ccc(Br)cc1. The Kier molecular flexibility index (Phi) is 3.66. The minimum absolute atomic E-state index is 0.255. The Hall–Kier alpha value is -1.11. The molecule has 2 rings (SSSR count). The lowest BCUT2D eigenvalue weighted by Crippen LogP contribution is -2.23. The monoisotopic (exact) mass is 314 g/mol. The third-order valence-corrected chi connectivity index (χ3v) is 4.18. The summed E-state index contributed by atoms with van der Waals surface area (Å²) in [6.07, 6.45) is 1.75. The average molecular weight is 315 g/mol. The zero-order valence-electron chi connectivity index (χ0n) is 8.85. The van der Waals surface area contributed by atoms with Gasteiger partial charge in [-0.1, -0.05) is 15.9 Å². The summed E-state index contributed by atoms with van der Waals surface area (Å²) in [5.41, 5.74) is 0.825. The van der Waals surface area contributed by atoms with Crippen molar-refractivity contribution in [1.29, 1.82) is 0 Å². The summed E-state index contributed by atoms with van der Waals surface area (Å²) in [7, 11) is -3.44. The van der Waals surface area contributed by atoms with Gasteiger partial charge in [0.15, 0.2) is 0 Å². The lowest BCUT2D eigenvalue weighted by molar-refractivity contribution is 0.580. The highest BCUT2D eigenvalue weighted by molar-refractivity contribution is 9.10. The zero-order chi connectivity index (χ0) is 12.3. The van der Waals surface area contributed by atoms with E-state index in [4.69, 9.17) is 0 Å². The first-order valence-electron chi connectivity index (χ1n) is 4.95. The van der Waals surface area contributed by atoms with Crippen molar-refractivity contribution in [2.24, 2.45) is 0 Å². The van der Waals surface area contributed by atoms with Gasteiger partial charge in [-0.2, -0.15) is 0 Å². The number of aromatic nitrogens is 1. The largest absolute Gasteiger partial charge is 0.364 e. The number of aromatic amines is 1. The molecule has 90 valence electrons. The second-order valence-corrected chi connectivity index (χ2v) is 6.16. The quantitative estimate of drug-likeness (QED) is 0.909. The maximum atomic E-state index is 11.9. The molecular formula is C11H11BrN2O2S. The van der Waals surface area contributed by atoms with Gasteiger partial charge in [-0.15, -0.1) is 0 Å². The maximum absolute atomic E-state index is 11.9. The van der Waals surface area contributed by atoms with Gasteiger partial charge in [0, 0.05) is 16.4 Å². The summed E-state index contributed by atoms with van der Waals surface area (Å²) in [4.78, 5) is 3.19. The van der Waals surface area contributed by atoms with Gasteiger partial charge in [0.2, 0.25) is 10.0 Å². The molecule has 0 aliphatic carbocycles. The molecule has 0 fully saturated rings. The van der Waals surface area contributed by atoms with E-state index in [1.807, 2.05) is 12.1 Å². The van der Waals surface area contributed by atoms with Crippen LogP contribution in [0, 0.1) is 0 Å². The number of nitrogens with one attached hydrogen (secondary N) is 2. The van der Waals surface area contributed by atoms with Crippen LogP contribution in [-0.4, -0.2) is 13.4 Å². The van der Waals surface area contributed by atoms with Crippen molar-refractivity contribution in [2.75, 3.05) is 0 Å². The minimum Gasteiger partial charge on any atom is -0.364 e. The molecule has 0 aliphatic rings. The lowest BCUT2D eigenvalue weighted by Gasteiger charge is -2.05. The van der Waals surface area contributed by atoms with Crippen LogP contribution in [0.15, 0.2) is 52.0 Å². The van der Waals surface area contributed by atoms with Gasteiger partial charge >= 0.3 is 0 Å². The van der Waals surface area contributed by atoms with Crippen molar-refractivity contribution in [3.05, 3.63) is 52.8 Å². The van der Waals surface area contributed by atoms with Gasteiger partial charge in [-0.25, -0.2) is 13.1 Å². The molecule has 0 bridgehead atoms. The molecule has 0 aliphatic heterocycles. The summed E-state index contributed by atoms with van der Waals surface area (Å²) >= 11 is 3.26. The van der Waals surface area contributed by atoms with Crippen LogP contribution in [0.5, 0.6) is 0 Å². The van der Waals surface area contributed by atoms with Crippen LogP contribution in [0.2, 0.25) is 0 Å². The number of rotatable bonds is 4. The van der Waals surface area contributed by atoms with Crippen molar-refractivity contribution in [2.45, 2.75) is 11.4 Å². The van der Waals surface area contributed by atoms with Gasteiger partial charge in [-0.3, -0.25) is 0 Å². The molecule has 0 unspecified atom stereocenters. The first kappa shape index (κ1) is 12.3. The molecule has 4 nitrogen and oxygen atoms in total. The van der Waals surface area contributed by atoms with E-state index >= 15 is 0 Å². The molecule has 0 atom stereocenters. The van der Waals surface area contributed by atoms with E-state index in [1.165, 1.54) is 0 Å². The Morgan fingerprint density at radius 1 is 1.18 bits per heavy atom. The fourth-order valence-electron chi connectivity index (χ4n) is 1.35. The molecule has 0 radical (unpaired) electrons. The van der Waals surface area contributed by atoms with Gasteiger partial charge in [0.05, 0.1) is 11.4 Å². The fraction of sp³-hybridized carbons (Fsp3) is 0.0909. The first-order valence-corrected chi connectivity index (χ1v) is 7.23. The van der Waals surface area contributed by atoms with E-state index in [9.17, 15) is 8.42 Å². The molecule has 1 heterocycles. The van der Waals surface area contributed by atoms with Crippen LogP contribution in [0.1, 0.15) is 5.69 Å². The fourth-order valence-corrected chi connectivity index (χ4v) is 2.62. The number of sulfonamides is 1. The van der Waals surface area contributed by atoms with Crippen LogP contribution in [-0.2, 0) is 16.6 Å². The summed E-state index contributed by atoms with van der Waals surface area (Å²) < 4.78 is 27.2. The van der Waals surface area contributed by atoms with E-state index in [-0.39, 0.29) is 11.4 Å². The molecule has 2 aromatic rings. The summed E-state index contributed by atoms with van der Waals surface area (Å²) in [5, 5.41) is 0. The first-order chi connectivity index (χ1) is 8.08. The highest BCUT2D eigenvalue weighted by Gasteiger charge is 2.13. The topological polar surface area (TPSA) is 62.0 Å². The van der Waals surface area contributed by atoms with Crippen LogP contribution in [0.3, 0.4) is 0 Å². The highest BCUT2D eigenvalue weighted by Crippen LogP contribution is 2.14. The predicted molar refractivity (Wildman–Crippen MR) is 69.0 cm³/mol. The van der Waals surface area contributed by atoms with Crippen LogP contribution >= 0.6 is 15.9 Å². The summed E-state index contributed by atoms with van der Waals surface area (Å²) in [6.45, 7) is 0.255.